The molecule has 1 aromatic carbocycles. The lowest BCUT2D eigenvalue weighted by Crippen LogP contribution is -2.57. The van der Waals surface area contributed by atoms with E-state index in [1.807, 2.05) is 4.98 Å². The minimum absolute atomic E-state index is 0.0575. The molecule has 156 valence electrons. The lowest BCUT2D eigenvalue weighted by molar-refractivity contribution is -0.248. The van der Waals surface area contributed by atoms with Gasteiger partial charge in [0.15, 0.2) is 6.29 Å². The third-order valence-electron chi connectivity index (χ3n) is 4.45. The van der Waals surface area contributed by atoms with E-state index in [4.69, 9.17) is 9.84 Å². The summed E-state index contributed by atoms with van der Waals surface area (Å²) in [6.45, 7) is -0.658. The second-order valence-electron chi connectivity index (χ2n) is 6.31. The fourth-order valence-electron chi connectivity index (χ4n) is 2.89. The molecule has 12 heteroatoms. The Labute approximate surface area is 161 Å². The molecule has 2 heterocycles. The van der Waals surface area contributed by atoms with Gasteiger partial charge in [-0.25, -0.2) is 13.8 Å². The molecule has 5 atom stereocenters. The Kier molecular flexibility index (Phi) is 5.91. The largest absolute Gasteiger partial charge is 0.493 e. The number of aliphatic hydroxyl groups is 4. The van der Waals surface area contributed by atoms with E-state index < -0.39 is 65.8 Å². The predicted molar refractivity (Wildman–Crippen MR) is 95.6 cm³/mol. The third kappa shape index (κ3) is 3.97. The molecule has 0 saturated carbocycles. The van der Waals surface area contributed by atoms with E-state index in [9.17, 15) is 34.4 Å². The van der Waals surface area contributed by atoms with Crippen LogP contribution in [-0.2, 0) is 4.74 Å². The van der Waals surface area contributed by atoms with Gasteiger partial charge < -0.3 is 30.3 Å². The summed E-state index contributed by atoms with van der Waals surface area (Å²) in [5.74, 6) is -1.39. The monoisotopic (exact) mass is 411 g/mol. The van der Waals surface area contributed by atoms with Crippen LogP contribution in [0.3, 0.4) is 0 Å². The highest BCUT2D eigenvalue weighted by Gasteiger charge is 2.43. The second kappa shape index (κ2) is 8.23. The van der Waals surface area contributed by atoms with Crippen molar-refractivity contribution < 1.29 is 34.7 Å². The zero-order valence-electron chi connectivity index (χ0n) is 14.7. The summed E-state index contributed by atoms with van der Waals surface area (Å²) >= 11 is 0. The standard InChI is InChI=1S/C17H18FN3O8/c18-7-1-3-8(4-2-7)21-15(26)9(14(25)20-17(21)28)5-19-11-13(24)12(23)10(6-22)29-16(11)27/h1-5,10-13,16,22-24,26-27H,6H2,(H,20,25,28)/t10-,11+,12+,13+,16-/m1/s1. The van der Waals surface area contributed by atoms with Crippen LogP contribution in [0.15, 0.2) is 38.8 Å². The van der Waals surface area contributed by atoms with Crippen molar-refractivity contribution in [3.8, 4) is 11.6 Å². The number of aliphatic imine (C=N–C) groups is 1. The third-order valence-corrected chi connectivity index (χ3v) is 4.45. The lowest BCUT2D eigenvalue weighted by Gasteiger charge is -2.38. The van der Waals surface area contributed by atoms with Gasteiger partial charge in [-0.15, -0.1) is 0 Å². The van der Waals surface area contributed by atoms with Gasteiger partial charge in [0.05, 0.1) is 12.3 Å². The van der Waals surface area contributed by atoms with Crippen LogP contribution in [0.5, 0.6) is 5.88 Å². The molecule has 1 saturated heterocycles. The van der Waals surface area contributed by atoms with Crippen LogP contribution < -0.4 is 11.2 Å². The number of benzene rings is 1. The molecule has 0 amide bonds. The molecule has 0 radical (unpaired) electrons. The number of aliphatic hydroxyl groups excluding tert-OH is 4. The number of aromatic nitrogens is 2. The van der Waals surface area contributed by atoms with Crippen molar-refractivity contribution in [1.29, 1.82) is 0 Å². The van der Waals surface area contributed by atoms with Crippen LogP contribution in [0, 0.1) is 5.82 Å². The lowest BCUT2D eigenvalue weighted by atomic mass is 9.97. The molecule has 29 heavy (non-hydrogen) atoms. The summed E-state index contributed by atoms with van der Waals surface area (Å²) in [4.78, 5) is 29.9. The molecule has 0 spiro atoms. The first-order valence-electron chi connectivity index (χ1n) is 8.42. The van der Waals surface area contributed by atoms with Gasteiger partial charge in [-0.1, -0.05) is 0 Å². The van der Waals surface area contributed by atoms with E-state index in [-0.39, 0.29) is 5.69 Å². The molecule has 6 N–H and O–H groups in total. The van der Waals surface area contributed by atoms with E-state index in [2.05, 4.69) is 4.99 Å². The maximum absolute atomic E-state index is 13.1. The highest BCUT2D eigenvalue weighted by molar-refractivity contribution is 5.82. The highest BCUT2D eigenvalue weighted by atomic mass is 19.1. The number of nitrogens with one attached hydrogen (secondary N) is 1. The second-order valence-corrected chi connectivity index (χ2v) is 6.31. The molecule has 1 aliphatic heterocycles. The summed E-state index contributed by atoms with van der Waals surface area (Å²) in [5, 5.41) is 49.3. The Morgan fingerprint density at radius 1 is 1.17 bits per heavy atom. The topological polar surface area (TPSA) is 178 Å². The first-order valence-corrected chi connectivity index (χ1v) is 8.42. The molecular formula is C17H18FN3O8. The van der Waals surface area contributed by atoms with Gasteiger partial charge in [0.1, 0.15) is 35.7 Å². The Hall–Kier alpha value is -2.90. The van der Waals surface area contributed by atoms with E-state index in [1.54, 1.807) is 0 Å². The van der Waals surface area contributed by atoms with Gasteiger partial charge in [0, 0.05) is 6.21 Å². The summed E-state index contributed by atoms with van der Waals surface area (Å²) in [6, 6.07) is 3.04. The van der Waals surface area contributed by atoms with E-state index in [0.29, 0.717) is 4.57 Å². The van der Waals surface area contributed by atoms with Crippen molar-refractivity contribution in [1.82, 2.24) is 9.55 Å². The van der Waals surface area contributed by atoms with Crippen LogP contribution in [0.25, 0.3) is 5.69 Å². The number of H-pyrrole nitrogens is 1. The number of hydrogen-bond donors (Lipinski definition) is 6. The molecule has 2 aromatic rings. The van der Waals surface area contributed by atoms with Crippen LogP contribution in [0.4, 0.5) is 4.39 Å². The molecule has 3 rings (SSSR count). The molecule has 11 nitrogen and oxygen atoms in total. The highest BCUT2D eigenvalue weighted by Crippen LogP contribution is 2.22. The smallest absolute Gasteiger partial charge is 0.335 e. The van der Waals surface area contributed by atoms with Gasteiger partial charge >= 0.3 is 5.69 Å². The fraction of sp³-hybridized carbons (Fsp3) is 0.353. The van der Waals surface area contributed by atoms with Gasteiger partial charge in [-0.2, -0.15) is 0 Å². The maximum Gasteiger partial charge on any atom is 0.335 e. The van der Waals surface area contributed by atoms with Gasteiger partial charge in [-0.05, 0) is 24.3 Å². The number of aromatic amines is 1. The first kappa shape index (κ1) is 20.8. The number of ether oxygens (including phenoxy) is 1. The van der Waals surface area contributed by atoms with E-state index in [0.717, 1.165) is 18.3 Å². The van der Waals surface area contributed by atoms with E-state index in [1.165, 1.54) is 12.1 Å². The van der Waals surface area contributed by atoms with Crippen molar-refractivity contribution in [2.45, 2.75) is 30.6 Å². The maximum atomic E-state index is 13.1. The molecule has 0 aliphatic carbocycles. The summed E-state index contributed by atoms with van der Waals surface area (Å²) in [6.07, 6.45) is -5.36. The molecule has 0 unspecified atom stereocenters. The number of rotatable bonds is 4. The number of hydrogen-bond acceptors (Lipinski definition) is 9. The number of halogens is 1. The molecule has 1 aliphatic rings. The van der Waals surface area contributed by atoms with Gasteiger partial charge in [-0.3, -0.25) is 14.8 Å². The molecule has 1 aromatic heterocycles. The average molecular weight is 411 g/mol. The van der Waals surface area contributed by atoms with Crippen molar-refractivity contribution in [2.24, 2.45) is 4.99 Å². The van der Waals surface area contributed by atoms with E-state index >= 15 is 0 Å². The molecule has 1 fully saturated rings. The fourth-order valence-corrected chi connectivity index (χ4v) is 2.89. The zero-order chi connectivity index (χ0) is 21.3. The minimum atomic E-state index is -1.72. The SMILES string of the molecule is O=c1[nH]c(=O)n(-c2ccc(F)cc2)c(O)c1C=N[C@H]1[C@H](O)[C@@H](O)[C@@H](CO)O[C@H]1O. The molecule has 0 bridgehead atoms. The Morgan fingerprint density at radius 2 is 1.83 bits per heavy atom. The minimum Gasteiger partial charge on any atom is -0.493 e. The Bertz CT molecular complexity index is 1020. The van der Waals surface area contributed by atoms with Crippen LogP contribution >= 0.6 is 0 Å². The van der Waals surface area contributed by atoms with Gasteiger partial charge in [0.2, 0.25) is 5.88 Å². The van der Waals surface area contributed by atoms with Crippen molar-refractivity contribution in [2.75, 3.05) is 6.61 Å². The average Bonchev–Trinajstić information content (AvgIpc) is 2.68. The van der Waals surface area contributed by atoms with Crippen LogP contribution in [-0.4, -0.2) is 78.5 Å². The van der Waals surface area contributed by atoms with Crippen molar-refractivity contribution >= 4 is 6.21 Å². The Balaban J connectivity index is 1.99. The quantitative estimate of drug-likeness (QED) is 0.301. The normalized spacial score (nSPS) is 27.4. The van der Waals surface area contributed by atoms with Crippen molar-refractivity contribution in [3.63, 3.8) is 0 Å². The molecular weight excluding hydrogens is 393 g/mol. The Morgan fingerprint density at radius 3 is 2.45 bits per heavy atom. The number of aromatic hydroxyl groups is 1. The van der Waals surface area contributed by atoms with Crippen LogP contribution in [0.1, 0.15) is 5.56 Å². The zero-order valence-corrected chi connectivity index (χ0v) is 14.7. The number of nitrogens with zero attached hydrogens (tertiary/aromatic N) is 2. The summed E-state index contributed by atoms with van der Waals surface area (Å²) in [5.41, 5.74) is -2.43. The summed E-state index contributed by atoms with van der Waals surface area (Å²) in [7, 11) is 0. The van der Waals surface area contributed by atoms with Gasteiger partial charge in [0.25, 0.3) is 5.56 Å². The summed E-state index contributed by atoms with van der Waals surface area (Å²) < 4.78 is 18.8. The van der Waals surface area contributed by atoms with Crippen molar-refractivity contribution in [3.05, 3.63) is 56.5 Å². The van der Waals surface area contributed by atoms with Crippen LogP contribution in [0.2, 0.25) is 0 Å². The predicted octanol–water partition coefficient (Wildman–Crippen LogP) is -2.41. The first-order chi connectivity index (χ1) is 13.7.